The maximum Gasteiger partial charge on any atom is 0.242 e. The molecule has 0 aliphatic carbocycles. The highest BCUT2D eigenvalue weighted by atomic mass is 35.5. The maximum absolute atomic E-state index is 13.2. The Kier molecular flexibility index (Phi) is 8.71. The fourth-order valence-electron chi connectivity index (χ4n) is 3.16. The molecule has 1 N–H and O–H groups in total. The molecule has 0 spiro atoms. The first-order valence-corrected chi connectivity index (χ1v) is 10.6. The Balaban J connectivity index is 2.22. The summed E-state index contributed by atoms with van der Waals surface area (Å²) in [6, 6.07) is 12.9. The number of carbonyl (C=O) groups excluding carboxylic acids is 2. The van der Waals surface area contributed by atoms with Gasteiger partial charge in [-0.15, -0.1) is 0 Å². The third-order valence-electron chi connectivity index (χ3n) is 5.11. The molecule has 0 aromatic heterocycles. The van der Waals surface area contributed by atoms with E-state index in [1.165, 1.54) is 0 Å². The Morgan fingerprint density at radius 1 is 1.10 bits per heavy atom. The number of unbranched alkanes of at least 4 members (excludes halogenated alkanes) is 1. The van der Waals surface area contributed by atoms with Gasteiger partial charge in [0, 0.05) is 18.1 Å². The zero-order valence-corrected chi connectivity index (χ0v) is 18.6. The second kappa shape index (κ2) is 11.0. The highest BCUT2D eigenvalue weighted by molar-refractivity contribution is 6.30. The fourth-order valence-corrected chi connectivity index (χ4v) is 3.29. The molecule has 0 heterocycles. The summed E-state index contributed by atoms with van der Waals surface area (Å²) in [4.78, 5) is 27.6. The highest BCUT2D eigenvalue weighted by Crippen LogP contribution is 2.17. The van der Waals surface area contributed by atoms with Crippen LogP contribution in [0.2, 0.25) is 5.02 Å². The van der Waals surface area contributed by atoms with Crippen molar-refractivity contribution in [1.29, 1.82) is 0 Å². The lowest BCUT2D eigenvalue weighted by molar-refractivity contribution is -0.140. The molecule has 2 amide bonds. The number of hydrogen-bond acceptors (Lipinski definition) is 2. The zero-order chi connectivity index (χ0) is 21.4. The minimum atomic E-state index is -0.555. The molecule has 0 fully saturated rings. The molecule has 0 bridgehead atoms. The van der Waals surface area contributed by atoms with Gasteiger partial charge in [0.2, 0.25) is 11.8 Å². The zero-order valence-electron chi connectivity index (χ0n) is 17.8. The molecule has 2 rings (SSSR count). The van der Waals surface area contributed by atoms with E-state index in [1.54, 1.807) is 24.0 Å². The summed E-state index contributed by atoms with van der Waals surface area (Å²) in [7, 11) is 0. The van der Waals surface area contributed by atoms with E-state index in [9.17, 15) is 9.59 Å². The lowest BCUT2D eigenvalue weighted by atomic mass is 10.0. The summed E-state index contributed by atoms with van der Waals surface area (Å²) in [6.07, 6.45) is 2.20. The van der Waals surface area contributed by atoms with Crippen LogP contribution in [0.15, 0.2) is 42.5 Å². The number of nitrogens with one attached hydrogen (secondary N) is 1. The van der Waals surface area contributed by atoms with Gasteiger partial charge in [0.25, 0.3) is 0 Å². The number of halogens is 1. The first-order chi connectivity index (χ1) is 13.8. The number of aryl methyl sites for hydroxylation is 2. The van der Waals surface area contributed by atoms with Crippen molar-refractivity contribution in [1.82, 2.24) is 10.2 Å². The van der Waals surface area contributed by atoms with Crippen molar-refractivity contribution in [3.8, 4) is 0 Å². The van der Waals surface area contributed by atoms with Crippen LogP contribution < -0.4 is 5.32 Å². The van der Waals surface area contributed by atoms with E-state index >= 15 is 0 Å². The van der Waals surface area contributed by atoms with Gasteiger partial charge in [-0.25, -0.2) is 0 Å². The SMILES string of the molecule is CCCCNC(=O)[C@H](C)N(Cc1ccc(Cl)cc1)C(=O)Cc1cc(C)ccc1C. The number of benzene rings is 2. The molecular formula is C24H31ClN2O2. The maximum atomic E-state index is 13.2. The Labute approximate surface area is 179 Å². The van der Waals surface area contributed by atoms with E-state index in [0.717, 1.165) is 35.1 Å². The smallest absolute Gasteiger partial charge is 0.242 e. The largest absolute Gasteiger partial charge is 0.354 e. The number of hydrogen-bond donors (Lipinski definition) is 1. The molecule has 2 aromatic rings. The number of nitrogens with zero attached hydrogens (tertiary/aromatic N) is 1. The summed E-state index contributed by atoms with van der Waals surface area (Å²) in [5.41, 5.74) is 4.13. The van der Waals surface area contributed by atoms with Crippen LogP contribution in [-0.2, 0) is 22.6 Å². The van der Waals surface area contributed by atoms with Crippen LogP contribution in [0, 0.1) is 13.8 Å². The third kappa shape index (κ3) is 6.90. The highest BCUT2D eigenvalue weighted by Gasteiger charge is 2.26. The summed E-state index contributed by atoms with van der Waals surface area (Å²) in [5.74, 6) is -0.187. The van der Waals surface area contributed by atoms with Crippen molar-refractivity contribution in [2.75, 3.05) is 6.54 Å². The van der Waals surface area contributed by atoms with Gasteiger partial charge in [-0.2, -0.15) is 0 Å². The van der Waals surface area contributed by atoms with Crippen LogP contribution in [0.4, 0.5) is 0 Å². The summed E-state index contributed by atoms with van der Waals surface area (Å²) >= 11 is 5.99. The van der Waals surface area contributed by atoms with Gasteiger partial charge >= 0.3 is 0 Å². The van der Waals surface area contributed by atoms with Crippen molar-refractivity contribution in [3.05, 3.63) is 69.7 Å². The predicted molar refractivity (Wildman–Crippen MR) is 119 cm³/mol. The van der Waals surface area contributed by atoms with E-state index in [4.69, 9.17) is 11.6 Å². The Hall–Kier alpha value is -2.33. The second-order valence-electron chi connectivity index (χ2n) is 7.58. The standard InChI is InChI=1S/C24H31ClN2O2/c1-5-6-13-26-24(29)19(4)27(16-20-9-11-22(25)12-10-20)23(28)15-21-14-17(2)7-8-18(21)3/h7-12,14,19H,5-6,13,15-16H2,1-4H3,(H,26,29)/t19-/m0/s1. The van der Waals surface area contributed by atoms with Gasteiger partial charge in [0.1, 0.15) is 6.04 Å². The fraction of sp³-hybridized carbons (Fsp3) is 0.417. The van der Waals surface area contributed by atoms with E-state index in [-0.39, 0.29) is 18.2 Å². The average Bonchev–Trinajstić information content (AvgIpc) is 2.69. The number of amides is 2. The minimum Gasteiger partial charge on any atom is -0.354 e. The molecule has 0 saturated carbocycles. The first kappa shape index (κ1) is 23.0. The minimum absolute atomic E-state index is 0.0632. The van der Waals surface area contributed by atoms with E-state index in [0.29, 0.717) is 18.1 Å². The molecule has 4 nitrogen and oxygen atoms in total. The number of carbonyl (C=O) groups is 2. The summed E-state index contributed by atoms with van der Waals surface area (Å²) in [6.45, 7) is 8.88. The molecule has 0 unspecified atom stereocenters. The van der Waals surface area contributed by atoms with Crippen molar-refractivity contribution >= 4 is 23.4 Å². The topological polar surface area (TPSA) is 49.4 Å². The van der Waals surface area contributed by atoms with Crippen LogP contribution in [0.1, 0.15) is 48.9 Å². The summed E-state index contributed by atoms with van der Waals surface area (Å²) in [5, 5.41) is 3.59. The van der Waals surface area contributed by atoms with Crippen molar-refractivity contribution in [2.45, 2.75) is 59.5 Å². The van der Waals surface area contributed by atoms with Gasteiger partial charge in [-0.05, 0) is 56.0 Å². The Morgan fingerprint density at radius 2 is 1.79 bits per heavy atom. The lowest BCUT2D eigenvalue weighted by Gasteiger charge is -2.29. The van der Waals surface area contributed by atoms with E-state index in [1.807, 2.05) is 44.2 Å². The van der Waals surface area contributed by atoms with Gasteiger partial charge in [0.05, 0.1) is 6.42 Å². The van der Waals surface area contributed by atoms with Crippen molar-refractivity contribution in [3.63, 3.8) is 0 Å². The quantitative estimate of drug-likeness (QED) is 0.597. The van der Waals surface area contributed by atoms with Crippen LogP contribution >= 0.6 is 11.6 Å². The Bertz CT molecular complexity index is 833. The van der Waals surface area contributed by atoms with Gasteiger partial charge in [-0.1, -0.05) is 60.8 Å². The first-order valence-electron chi connectivity index (χ1n) is 10.2. The van der Waals surface area contributed by atoms with Crippen LogP contribution in [0.5, 0.6) is 0 Å². The summed E-state index contributed by atoms with van der Waals surface area (Å²) < 4.78 is 0. The van der Waals surface area contributed by atoms with Crippen molar-refractivity contribution < 1.29 is 9.59 Å². The van der Waals surface area contributed by atoms with Crippen LogP contribution in [0.25, 0.3) is 0 Å². The number of rotatable bonds is 9. The van der Waals surface area contributed by atoms with Crippen LogP contribution in [0.3, 0.4) is 0 Å². The second-order valence-corrected chi connectivity index (χ2v) is 8.01. The average molecular weight is 415 g/mol. The molecule has 0 aliphatic rings. The Morgan fingerprint density at radius 3 is 2.45 bits per heavy atom. The molecule has 156 valence electrons. The van der Waals surface area contributed by atoms with Gasteiger partial charge in [-0.3, -0.25) is 9.59 Å². The molecule has 0 radical (unpaired) electrons. The molecule has 5 heteroatoms. The molecular weight excluding hydrogens is 384 g/mol. The van der Waals surface area contributed by atoms with Crippen molar-refractivity contribution in [2.24, 2.45) is 0 Å². The predicted octanol–water partition coefficient (Wildman–Crippen LogP) is 4.83. The molecule has 0 aliphatic heterocycles. The van der Waals surface area contributed by atoms with E-state index in [2.05, 4.69) is 12.2 Å². The third-order valence-corrected chi connectivity index (χ3v) is 5.36. The van der Waals surface area contributed by atoms with Gasteiger partial charge < -0.3 is 10.2 Å². The normalized spacial score (nSPS) is 11.8. The lowest BCUT2D eigenvalue weighted by Crippen LogP contribution is -2.48. The van der Waals surface area contributed by atoms with Crippen LogP contribution in [-0.4, -0.2) is 29.3 Å². The monoisotopic (exact) mass is 414 g/mol. The molecule has 29 heavy (non-hydrogen) atoms. The molecule has 2 aromatic carbocycles. The molecule has 0 saturated heterocycles. The van der Waals surface area contributed by atoms with Gasteiger partial charge in [0.15, 0.2) is 0 Å². The molecule has 1 atom stereocenters. The van der Waals surface area contributed by atoms with E-state index < -0.39 is 6.04 Å².